The summed E-state index contributed by atoms with van der Waals surface area (Å²) in [6.45, 7) is 6.33. The fraction of sp³-hybridized carbons (Fsp3) is 0.562. The van der Waals surface area contributed by atoms with Crippen molar-refractivity contribution in [2.75, 3.05) is 31.1 Å². The van der Waals surface area contributed by atoms with Crippen LogP contribution in [0.3, 0.4) is 0 Å². The van der Waals surface area contributed by atoms with Gasteiger partial charge in [-0.1, -0.05) is 13.8 Å². The number of carbonyl (C=O) groups excluding carboxylic acids is 1. The molecule has 0 spiro atoms. The van der Waals surface area contributed by atoms with E-state index in [0.717, 1.165) is 12.5 Å². The zero-order chi connectivity index (χ0) is 17.0. The second kappa shape index (κ2) is 7.39. The van der Waals surface area contributed by atoms with Crippen LogP contribution in [0.5, 0.6) is 0 Å². The molecule has 1 amide bonds. The molecule has 0 radical (unpaired) electrons. The van der Waals surface area contributed by atoms with Gasteiger partial charge >= 0.3 is 0 Å². The van der Waals surface area contributed by atoms with Gasteiger partial charge in [0.25, 0.3) is 5.69 Å². The van der Waals surface area contributed by atoms with Crippen LogP contribution in [0, 0.1) is 21.8 Å². The summed E-state index contributed by atoms with van der Waals surface area (Å²) in [5.41, 5.74) is 0.0960. The molecule has 1 fully saturated rings. The van der Waals surface area contributed by atoms with E-state index in [-0.39, 0.29) is 11.6 Å². The summed E-state index contributed by atoms with van der Waals surface area (Å²) in [4.78, 5) is 25.8. The van der Waals surface area contributed by atoms with Crippen LogP contribution < -0.4 is 4.90 Å². The van der Waals surface area contributed by atoms with Gasteiger partial charge in [-0.15, -0.1) is 0 Å². The van der Waals surface area contributed by atoms with Crippen LogP contribution in [0.1, 0.15) is 26.7 Å². The summed E-state index contributed by atoms with van der Waals surface area (Å²) in [7, 11) is 0. The number of amides is 1. The Hall–Kier alpha value is -2.18. The third kappa shape index (κ3) is 4.40. The number of hydrogen-bond acceptors (Lipinski definition) is 4. The van der Waals surface area contributed by atoms with Crippen LogP contribution in [-0.2, 0) is 4.79 Å². The Kier molecular flexibility index (Phi) is 5.52. The van der Waals surface area contributed by atoms with E-state index in [0.29, 0.717) is 44.2 Å². The minimum Gasteiger partial charge on any atom is -0.366 e. The number of halogens is 1. The number of carbonyl (C=O) groups is 1. The summed E-state index contributed by atoms with van der Waals surface area (Å²) >= 11 is 0. The van der Waals surface area contributed by atoms with E-state index in [9.17, 15) is 19.3 Å². The van der Waals surface area contributed by atoms with Crippen LogP contribution in [0.4, 0.5) is 15.8 Å². The van der Waals surface area contributed by atoms with Crippen LogP contribution in [-0.4, -0.2) is 41.9 Å². The van der Waals surface area contributed by atoms with E-state index in [1.54, 1.807) is 0 Å². The molecule has 1 aliphatic rings. The Morgan fingerprint density at radius 2 is 1.96 bits per heavy atom. The van der Waals surface area contributed by atoms with Gasteiger partial charge in [-0.05, 0) is 18.4 Å². The van der Waals surface area contributed by atoms with Gasteiger partial charge in [-0.2, -0.15) is 0 Å². The van der Waals surface area contributed by atoms with E-state index in [4.69, 9.17) is 0 Å². The van der Waals surface area contributed by atoms with E-state index >= 15 is 0 Å². The van der Waals surface area contributed by atoms with Crippen molar-refractivity contribution in [2.45, 2.75) is 26.7 Å². The van der Waals surface area contributed by atoms with E-state index in [1.807, 2.05) is 9.80 Å². The van der Waals surface area contributed by atoms with Gasteiger partial charge in [-0.25, -0.2) is 4.39 Å². The number of anilines is 1. The third-order valence-electron chi connectivity index (χ3n) is 4.05. The highest BCUT2D eigenvalue weighted by Crippen LogP contribution is 2.25. The lowest BCUT2D eigenvalue weighted by molar-refractivity contribution is -0.385. The number of nitro groups is 1. The lowest BCUT2D eigenvalue weighted by atomic mass is 10.1. The molecular weight excluding hydrogens is 301 g/mol. The molecule has 7 heteroatoms. The Labute approximate surface area is 135 Å². The van der Waals surface area contributed by atoms with Gasteiger partial charge < -0.3 is 9.80 Å². The fourth-order valence-electron chi connectivity index (χ4n) is 2.63. The molecule has 0 bridgehead atoms. The van der Waals surface area contributed by atoms with Crippen LogP contribution in [0.2, 0.25) is 0 Å². The van der Waals surface area contributed by atoms with Crippen molar-refractivity contribution < 1.29 is 14.1 Å². The number of non-ortho nitro benzene ring substituents is 1. The molecule has 1 heterocycles. The molecule has 0 aromatic heterocycles. The van der Waals surface area contributed by atoms with Crippen molar-refractivity contribution in [1.29, 1.82) is 0 Å². The summed E-state index contributed by atoms with van der Waals surface area (Å²) in [5.74, 6) is 0.0377. The Balaban J connectivity index is 1.94. The van der Waals surface area contributed by atoms with Crippen molar-refractivity contribution in [3.63, 3.8) is 0 Å². The summed E-state index contributed by atoms with van der Waals surface area (Å²) < 4.78 is 14.0. The van der Waals surface area contributed by atoms with Crippen LogP contribution in [0.25, 0.3) is 0 Å². The lowest BCUT2D eigenvalue weighted by Crippen LogP contribution is -2.49. The molecule has 0 unspecified atom stereocenters. The first-order valence-electron chi connectivity index (χ1n) is 7.85. The number of piperazine rings is 1. The van der Waals surface area contributed by atoms with Crippen molar-refractivity contribution in [3.8, 4) is 0 Å². The van der Waals surface area contributed by atoms with Crippen LogP contribution >= 0.6 is 0 Å². The molecule has 0 atom stereocenters. The monoisotopic (exact) mass is 323 g/mol. The second-order valence-corrected chi connectivity index (χ2v) is 6.19. The molecule has 0 aliphatic carbocycles. The normalized spacial score (nSPS) is 15.1. The summed E-state index contributed by atoms with van der Waals surface area (Å²) in [5, 5.41) is 10.6. The van der Waals surface area contributed by atoms with Gasteiger partial charge in [0.2, 0.25) is 5.91 Å². The number of hydrogen-bond donors (Lipinski definition) is 0. The van der Waals surface area contributed by atoms with Crippen molar-refractivity contribution in [2.24, 2.45) is 5.92 Å². The summed E-state index contributed by atoms with van der Waals surface area (Å²) in [6.07, 6.45) is 1.42. The molecule has 1 aromatic rings. The smallest absolute Gasteiger partial charge is 0.272 e. The number of nitrogens with zero attached hydrogens (tertiary/aromatic N) is 3. The van der Waals surface area contributed by atoms with E-state index < -0.39 is 10.7 Å². The Bertz CT molecular complexity index is 584. The zero-order valence-electron chi connectivity index (χ0n) is 13.5. The van der Waals surface area contributed by atoms with Crippen LogP contribution in [0.15, 0.2) is 18.2 Å². The second-order valence-electron chi connectivity index (χ2n) is 6.19. The number of rotatable bonds is 5. The predicted octanol–water partition coefficient (Wildman–Crippen LogP) is 2.82. The van der Waals surface area contributed by atoms with Gasteiger partial charge in [0.05, 0.1) is 16.7 Å². The van der Waals surface area contributed by atoms with E-state index in [1.165, 1.54) is 12.1 Å². The summed E-state index contributed by atoms with van der Waals surface area (Å²) in [6, 6.07) is 3.68. The largest absolute Gasteiger partial charge is 0.366 e. The molecule has 1 aromatic carbocycles. The van der Waals surface area contributed by atoms with Gasteiger partial charge in [0, 0.05) is 38.7 Å². The molecule has 0 N–H and O–H groups in total. The van der Waals surface area contributed by atoms with Crippen molar-refractivity contribution in [3.05, 3.63) is 34.1 Å². The fourth-order valence-corrected chi connectivity index (χ4v) is 2.63. The number of nitro benzene ring substituents is 1. The quantitative estimate of drug-likeness (QED) is 0.617. The maximum Gasteiger partial charge on any atom is 0.272 e. The third-order valence-corrected chi connectivity index (χ3v) is 4.05. The SMILES string of the molecule is CC(C)CCC(=O)N1CCN(c2ccc([N+](=O)[O-])cc2F)CC1. The number of benzene rings is 1. The molecular formula is C16H22FN3O3. The average Bonchev–Trinajstić information content (AvgIpc) is 2.52. The first-order chi connectivity index (χ1) is 10.9. The molecule has 2 rings (SSSR count). The highest BCUT2D eigenvalue weighted by Gasteiger charge is 2.23. The topological polar surface area (TPSA) is 66.7 Å². The van der Waals surface area contributed by atoms with Gasteiger partial charge in [0.15, 0.2) is 5.82 Å². The highest BCUT2D eigenvalue weighted by molar-refractivity contribution is 5.76. The highest BCUT2D eigenvalue weighted by atomic mass is 19.1. The maximum absolute atomic E-state index is 14.0. The van der Waals surface area contributed by atoms with Crippen molar-refractivity contribution in [1.82, 2.24) is 4.90 Å². The minimum absolute atomic E-state index is 0.141. The van der Waals surface area contributed by atoms with Gasteiger partial charge in [-0.3, -0.25) is 14.9 Å². The molecule has 126 valence electrons. The van der Waals surface area contributed by atoms with Gasteiger partial charge in [0.1, 0.15) is 0 Å². The predicted molar refractivity (Wildman–Crippen MR) is 85.9 cm³/mol. The standard InChI is InChI=1S/C16H22FN3O3/c1-12(2)3-6-16(21)19-9-7-18(8-10-19)15-5-4-13(20(22)23)11-14(15)17/h4-5,11-12H,3,6-10H2,1-2H3. The first-order valence-corrected chi connectivity index (χ1v) is 7.85. The lowest BCUT2D eigenvalue weighted by Gasteiger charge is -2.36. The Morgan fingerprint density at radius 3 is 2.48 bits per heavy atom. The van der Waals surface area contributed by atoms with Crippen molar-refractivity contribution >= 4 is 17.3 Å². The Morgan fingerprint density at radius 1 is 1.30 bits per heavy atom. The average molecular weight is 323 g/mol. The van der Waals surface area contributed by atoms with E-state index in [2.05, 4.69) is 13.8 Å². The molecule has 1 saturated heterocycles. The first kappa shape index (κ1) is 17.2. The minimum atomic E-state index is -0.613. The molecule has 1 aliphatic heterocycles. The zero-order valence-corrected chi connectivity index (χ0v) is 13.5. The molecule has 6 nitrogen and oxygen atoms in total. The molecule has 23 heavy (non-hydrogen) atoms. The maximum atomic E-state index is 14.0. The molecule has 0 saturated carbocycles.